The van der Waals surface area contributed by atoms with Gasteiger partial charge in [-0.3, -0.25) is 4.79 Å². The molecule has 3 aliphatic carbocycles. The van der Waals surface area contributed by atoms with Crippen LogP contribution in [0.3, 0.4) is 0 Å². The highest BCUT2D eigenvalue weighted by Gasteiger charge is 2.53. The molecule has 4 aliphatic rings. The molecular formula is C28H27F3N4O2. The molecule has 2 heterocycles. The first kappa shape index (κ1) is 23.8. The van der Waals surface area contributed by atoms with Crippen LogP contribution in [0.1, 0.15) is 62.1 Å². The van der Waals surface area contributed by atoms with Gasteiger partial charge in [0.25, 0.3) is 0 Å². The van der Waals surface area contributed by atoms with Gasteiger partial charge in [0.05, 0.1) is 29.8 Å². The minimum Gasteiger partial charge on any atom is -0.332 e. The second-order valence-electron chi connectivity index (χ2n) is 10.6. The van der Waals surface area contributed by atoms with Crippen molar-refractivity contribution in [2.45, 2.75) is 62.7 Å². The molecule has 3 saturated carbocycles. The van der Waals surface area contributed by atoms with E-state index in [-0.39, 0.29) is 17.2 Å². The van der Waals surface area contributed by atoms with Crippen molar-refractivity contribution in [1.29, 1.82) is 0 Å². The topological polar surface area (TPSA) is 76.0 Å². The summed E-state index contributed by atoms with van der Waals surface area (Å²) >= 11 is 0. The van der Waals surface area contributed by atoms with Gasteiger partial charge < -0.3 is 15.2 Å². The van der Waals surface area contributed by atoms with Gasteiger partial charge in [-0.05, 0) is 68.4 Å². The van der Waals surface area contributed by atoms with Crippen LogP contribution in [0.25, 0.3) is 11.3 Å². The monoisotopic (exact) mass is 508 g/mol. The van der Waals surface area contributed by atoms with Crippen molar-refractivity contribution in [3.63, 3.8) is 0 Å². The number of imidazole rings is 1. The highest BCUT2D eigenvalue weighted by molar-refractivity contribution is 5.90. The molecule has 0 spiro atoms. The van der Waals surface area contributed by atoms with Crippen molar-refractivity contribution in [3.05, 3.63) is 72.2 Å². The maximum Gasteiger partial charge on any atom is 0.416 e. The van der Waals surface area contributed by atoms with Crippen LogP contribution in [0.5, 0.6) is 0 Å². The maximum absolute atomic E-state index is 13.7. The van der Waals surface area contributed by atoms with E-state index in [4.69, 9.17) is 0 Å². The molecular weight excluding hydrogens is 481 g/mol. The highest BCUT2D eigenvalue weighted by atomic mass is 19.4. The Morgan fingerprint density at radius 3 is 2.32 bits per heavy atom. The number of alkyl halides is 3. The fourth-order valence-corrected chi connectivity index (χ4v) is 6.47. The molecule has 1 aliphatic heterocycles. The van der Waals surface area contributed by atoms with Gasteiger partial charge in [0.15, 0.2) is 0 Å². The first-order valence-electron chi connectivity index (χ1n) is 12.6. The lowest BCUT2D eigenvalue weighted by Crippen LogP contribution is -2.59. The van der Waals surface area contributed by atoms with E-state index in [1.54, 1.807) is 6.33 Å². The van der Waals surface area contributed by atoms with Crippen LogP contribution >= 0.6 is 0 Å². The van der Waals surface area contributed by atoms with Crippen LogP contribution in [0.15, 0.2) is 61.1 Å². The molecule has 0 radical (unpaired) electrons. The third-order valence-electron chi connectivity index (χ3n) is 8.66. The summed E-state index contributed by atoms with van der Waals surface area (Å²) in [6.45, 7) is 0. The average Bonchev–Trinajstić information content (AvgIpc) is 3.47. The molecule has 192 valence electrons. The lowest BCUT2D eigenvalue weighted by atomic mass is 9.55. The molecule has 1 unspecified atom stereocenters. The van der Waals surface area contributed by atoms with Crippen molar-refractivity contribution in [1.82, 2.24) is 14.9 Å². The number of rotatable bonds is 5. The molecule has 1 atom stereocenters. The molecule has 0 saturated heterocycles. The number of hydrogen-bond acceptors (Lipinski definition) is 3. The Morgan fingerprint density at radius 1 is 0.973 bits per heavy atom. The number of benzene rings is 2. The summed E-state index contributed by atoms with van der Waals surface area (Å²) in [5.74, 6) is 0.274. The van der Waals surface area contributed by atoms with E-state index >= 15 is 0 Å². The number of aromatic nitrogens is 2. The van der Waals surface area contributed by atoms with Crippen molar-refractivity contribution >= 4 is 17.5 Å². The Kier molecular flexibility index (Phi) is 5.43. The van der Waals surface area contributed by atoms with E-state index < -0.39 is 23.3 Å². The predicted octanol–water partition coefficient (Wildman–Crippen LogP) is 6.35. The first-order chi connectivity index (χ1) is 17.7. The zero-order valence-electron chi connectivity index (χ0n) is 20.1. The minimum atomic E-state index is -4.42. The Balaban J connectivity index is 1.09. The molecule has 2 aromatic carbocycles. The third kappa shape index (κ3) is 4.10. The maximum atomic E-state index is 13.7. The molecule has 6 nitrogen and oxygen atoms in total. The lowest BCUT2D eigenvalue weighted by Gasteiger charge is -2.53. The van der Waals surface area contributed by atoms with Crippen LogP contribution in [0.4, 0.5) is 23.7 Å². The Morgan fingerprint density at radius 2 is 1.65 bits per heavy atom. The number of halogens is 3. The minimum absolute atomic E-state index is 0.0446. The SMILES string of the molecule is O=C(Nc1ccc(C(F)(F)F)cc1)NC12CCC(C(=O)CC3c4ccccc4-c4cncn43)(CC1)CC2. The fraction of sp³-hybridized carbons (Fsp3) is 0.393. The first-order valence-corrected chi connectivity index (χ1v) is 12.6. The van der Waals surface area contributed by atoms with Gasteiger partial charge >= 0.3 is 12.2 Å². The molecule has 1 aromatic heterocycles. The van der Waals surface area contributed by atoms with Crippen LogP contribution in [-0.2, 0) is 11.0 Å². The second kappa shape index (κ2) is 8.46. The van der Waals surface area contributed by atoms with Gasteiger partial charge in [0.1, 0.15) is 5.78 Å². The molecule has 2 bridgehead atoms. The summed E-state index contributed by atoms with van der Waals surface area (Å²) in [5, 5.41) is 5.72. The summed E-state index contributed by atoms with van der Waals surface area (Å²) in [7, 11) is 0. The van der Waals surface area contributed by atoms with E-state index in [1.807, 2.05) is 18.3 Å². The third-order valence-corrected chi connectivity index (χ3v) is 8.66. The van der Waals surface area contributed by atoms with Gasteiger partial charge in [-0.25, -0.2) is 9.78 Å². The van der Waals surface area contributed by atoms with Gasteiger partial charge in [-0.2, -0.15) is 13.2 Å². The molecule has 9 heteroatoms. The largest absolute Gasteiger partial charge is 0.416 e. The normalized spacial score (nSPS) is 25.9. The second-order valence-corrected chi connectivity index (χ2v) is 10.6. The van der Waals surface area contributed by atoms with Crippen LogP contribution in [-0.4, -0.2) is 26.9 Å². The van der Waals surface area contributed by atoms with Gasteiger partial charge in [0, 0.05) is 28.6 Å². The smallest absolute Gasteiger partial charge is 0.332 e. The van der Waals surface area contributed by atoms with Crippen LogP contribution in [0, 0.1) is 5.41 Å². The number of Topliss-reactive ketones (excluding diaryl/α,β-unsaturated/α-hetero) is 1. The van der Waals surface area contributed by atoms with E-state index in [0.717, 1.165) is 48.2 Å². The summed E-state index contributed by atoms with van der Waals surface area (Å²) < 4.78 is 40.4. The number of fused-ring (bicyclic) bond motifs is 6. The number of carbonyl (C=O) groups is 2. The number of hydrogen-bond donors (Lipinski definition) is 2. The van der Waals surface area contributed by atoms with Gasteiger partial charge in [-0.1, -0.05) is 24.3 Å². The zero-order valence-corrected chi connectivity index (χ0v) is 20.1. The van der Waals surface area contributed by atoms with Crippen LogP contribution in [0.2, 0.25) is 0 Å². The fourth-order valence-electron chi connectivity index (χ4n) is 6.47. The Labute approximate surface area is 212 Å². The number of carbonyl (C=O) groups excluding carboxylic acids is 2. The average molecular weight is 509 g/mol. The van der Waals surface area contributed by atoms with Crippen molar-refractivity contribution in [2.24, 2.45) is 5.41 Å². The molecule has 3 aromatic rings. The molecule has 2 N–H and O–H groups in total. The summed E-state index contributed by atoms with van der Waals surface area (Å²) in [6.07, 6.45) is 3.93. The number of urea groups is 1. The number of nitrogens with one attached hydrogen (secondary N) is 2. The van der Waals surface area contributed by atoms with E-state index in [1.165, 1.54) is 12.1 Å². The number of anilines is 1. The zero-order chi connectivity index (χ0) is 25.8. The van der Waals surface area contributed by atoms with E-state index in [9.17, 15) is 22.8 Å². The van der Waals surface area contributed by atoms with E-state index in [2.05, 4.69) is 32.3 Å². The number of nitrogens with zero attached hydrogens (tertiary/aromatic N) is 2. The summed E-state index contributed by atoms with van der Waals surface area (Å²) in [6, 6.07) is 12.1. The van der Waals surface area contributed by atoms with Crippen LogP contribution < -0.4 is 10.6 Å². The lowest BCUT2D eigenvalue weighted by molar-refractivity contribution is -0.137. The molecule has 3 fully saturated rings. The quantitative estimate of drug-likeness (QED) is 0.422. The summed E-state index contributed by atoms with van der Waals surface area (Å²) in [4.78, 5) is 30.7. The highest BCUT2D eigenvalue weighted by Crippen LogP contribution is 2.54. The predicted molar refractivity (Wildman–Crippen MR) is 132 cm³/mol. The summed E-state index contributed by atoms with van der Waals surface area (Å²) in [5.41, 5.74) is 2.11. The Bertz CT molecular complexity index is 1340. The standard InChI is InChI=1S/C28H27F3N4O2/c29-28(30,31)18-5-7-19(8-6-18)33-25(37)34-27-12-9-26(10-13-27,11-14-27)24(36)15-22-20-3-1-2-4-21(20)23-16-32-17-35(22)23/h1-8,16-17,22H,9-15H2,(H2,33,34,37). The number of amides is 2. The Hall–Kier alpha value is -3.62. The van der Waals surface area contributed by atoms with Gasteiger partial charge in [-0.15, -0.1) is 0 Å². The van der Waals surface area contributed by atoms with Crippen molar-refractivity contribution in [2.75, 3.05) is 5.32 Å². The molecule has 2 amide bonds. The van der Waals surface area contributed by atoms with E-state index in [0.29, 0.717) is 31.4 Å². The molecule has 7 rings (SSSR count). The molecule has 37 heavy (non-hydrogen) atoms. The van der Waals surface area contributed by atoms with Crippen molar-refractivity contribution < 1.29 is 22.8 Å². The van der Waals surface area contributed by atoms with Gasteiger partial charge in [0.2, 0.25) is 0 Å². The van der Waals surface area contributed by atoms with Crippen molar-refractivity contribution in [3.8, 4) is 11.3 Å². The number of ketones is 1.